The van der Waals surface area contributed by atoms with Crippen LogP contribution >= 0.6 is 0 Å². The number of amides is 1. The molecule has 3 N–H and O–H groups in total. The number of rotatable bonds is 5. The Morgan fingerprint density at radius 3 is 2.70 bits per heavy atom. The highest BCUT2D eigenvalue weighted by atomic mass is 16.6. The molecule has 0 fully saturated rings. The number of benzene rings is 1. The van der Waals surface area contributed by atoms with E-state index in [0.29, 0.717) is 17.1 Å². The molecule has 0 spiro atoms. The first kappa shape index (κ1) is 17.8. The molecule has 11 heteroatoms. The smallest absolute Gasteiger partial charge is 0.297 e. The van der Waals surface area contributed by atoms with Gasteiger partial charge in [0.15, 0.2) is 0 Å². The summed E-state index contributed by atoms with van der Waals surface area (Å²) in [6, 6.07) is 6.41. The average Bonchev–Trinajstić information content (AvgIpc) is 3.26. The number of hydrogen-bond acceptors (Lipinski definition) is 9. The van der Waals surface area contributed by atoms with Crippen molar-refractivity contribution in [2.45, 2.75) is 13.8 Å². The number of nitrogens with zero attached hydrogens (tertiary/aromatic N) is 4. The second kappa shape index (κ2) is 7.07. The first-order chi connectivity index (χ1) is 12.9. The summed E-state index contributed by atoms with van der Waals surface area (Å²) in [6.45, 7) is 3.47. The topological polar surface area (TPSA) is 163 Å². The molecule has 0 saturated carbocycles. The van der Waals surface area contributed by atoms with Gasteiger partial charge in [-0.25, -0.2) is 10.1 Å². The van der Waals surface area contributed by atoms with E-state index < -0.39 is 10.8 Å². The molecular formula is C16H14N6O5. The van der Waals surface area contributed by atoms with Gasteiger partial charge >= 0.3 is 0 Å². The van der Waals surface area contributed by atoms with Crippen LogP contribution in [0.5, 0.6) is 0 Å². The molecule has 27 heavy (non-hydrogen) atoms. The molecule has 3 aromatic rings. The number of carbonyl (C=O) groups excluding carboxylic acids is 1. The molecule has 0 aliphatic heterocycles. The fourth-order valence-corrected chi connectivity index (χ4v) is 2.40. The molecule has 0 aliphatic carbocycles. The van der Waals surface area contributed by atoms with Crippen molar-refractivity contribution < 1.29 is 18.8 Å². The molecule has 2 heterocycles. The van der Waals surface area contributed by atoms with E-state index in [9.17, 15) is 14.9 Å². The lowest BCUT2D eigenvalue weighted by Gasteiger charge is -2.06. The molecule has 11 nitrogen and oxygen atoms in total. The van der Waals surface area contributed by atoms with Gasteiger partial charge in [-0.2, -0.15) is 5.10 Å². The Bertz CT molecular complexity index is 1050. The van der Waals surface area contributed by atoms with E-state index in [4.69, 9.17) is 10.2 Å². The number of nitrogens with two attached hydrogens (primary N) is 1. The standard InChI is InChI=1S/C16H14N6O5/c1-8-9(2)12(22(24)25)5-4-11(8)13-6-3-10(26-13)7-18-19-16(23)14-15(17)21-27-20-14/h3-7H,1-2H3,(H2,17,21)(H,19,23)/b18-7-. The second-order valence-electron chi connectivity index (χ2n) is 5.54. The molecule has 0 aliphatic rings. The number of hydrogen-bond donors (Lipinski definition) is 2. The number of anilines is 1. The van der Waals surface area contributed by atoms with E-state index in [2.05, 4.69) is 25.5 Å². The monoisotopic (exact) mass is 370 g/mol. The summed E-state index contributed by atoms with van der Waals surface area (Å²) in [4.78, 5) is 22.3. The van der Waals surface area contributed by atoms with Crippen molar-refractivity contribution in [2.75, 3.05) is 5.73 Å². The minimum atomic E-state index is -0.682. The van der Waals surface area contributed by atoms with Gasteiger partial charge in [0.05, 0.1) is 11.1 Å². The third-order valence-corrected chi connectivity index (χ3v) is 3.93. The van der Waals surface area contributed by atoms with Gasteiger partial charge in [0.1, 0.15) is 11.5 Å². The number of nitro groups is 1. The highest BCUT2D eigenvalue weighted by Gasteiger charge is 2.17. The Morgan fingerprint density at radius 1 is 1.26 bits per heavy atom. The molecule has 0 unspecified atom stereocenters. The number of carbonyl (C=O) groups is 1. The average molecular weight is 370 g/mol. The van der Waals surface area contributed by atoms with E-state index in [1.807, 2.05) is 0 Å². The van der Waals surface area contributed by atoms with Crippen molar-refractivity contribution in [2.24, 2.45) is 5.10 Å². The summed E-state index contributed by atoms with van der Waals surface area (Å²) in [5.74, 6) is 0.0563. The molecule has 1 amide bonds. The zero-order chi connectivity index (χ0) is 19.6. The Kier molecular flexibility index (Phi) is 4.66. The first-order valence-corrected chi connectivity index (χ1v) is 7.64. The van der Waals surface area contributed by atoms with Crippen LogP contribution in [0.15, 0.2) is 38.4 Å². The van der Waals surface area contributed by atoms with Gasteiger partial charge in [0, 0.05) is 17.2 Å². The number of aromatic nitrogens is 2. The zero-order valence-electron chi connectivity index (χ0n) is 14.3. The lowest BCUT2D eigenvalue weighted by Crippen LogP contribution is -2.19. The van der Waals surface area contributed by atoms with Crippen LogP contribution < -0.4 is 11.2 Å². The molecule has 0 bridgehead atoms. The predicted molar refractivity (Wildman–Crippen MR) is 94.0 cm³/mol. The van der Waals surface area contributed by atoms with E-state index in [-0.39, 0.29) is 17.2 Å². The van der Waals surface area contributed by atoms with Gasteiger partial charge in [0.25, 0.3) is 11.6 Å². The highest BCUT2D eigenvalue weighted by Crippen LogP contribution is 2.31. The van der Waals surface area contributed by atoms with Crippen LogP contribution in [-0.4, -0.2) is 27.4 Å². The highest BCUT2D eigenvalue weighted by molar-refractivity contribution is 5.96. The summed E-state index contributed by atoms with van der Waals surface area (Å²) in [7, 11) is 0. The van der Waals surface area contributed by atoms with Gasteiger partial charge in [-0.3, -0.25) is 14.9 Å². The summed E-state index contributed by atoms with van der Waals surface area (Å²) in [6.07, 6.45) is 1.29. The number of nitrogens with one attached hydrogen (secondary N) is 1. The Hall–Kier alpha value is -4.02. The maximum absolute atomic E-state index is 11.8. The van der Waals surface area contributed by atoms with Gasteiger partial charge in [-0.05, 0) is 47.9 Å². The second-order valence-corrected chi connectivity index (χ2v) is 5.54. The molecule has 3 rings (SSSR count). The van der Waals surface area contributed by atoms with Gasteiger partial charge in [0.2, 0.25) is 11.5 Å². The lowest BCUT2D eigenvalue weighted by molar-refractivity contribution is -0.385. The number of nitrogen functional groups attached to an aromatic ring is 1. The molecule has 1 aromatic carbocycles. The third kappa shape index (κ3) is 3.51. The van der Waals surface area contributed by atoms with E-state index in [0.717, 1.165) is 11.1 Å². The predicted octanol–water partition coefficient (Wildman–Crippen LogP) is 2.20. The molecule has 138 valence electrons. The number of hydrazone groups is 1. The van der Waals surface area contributed by atoms with Crippen LogP contribution in [0.1, 0.15) is 27.4 Å². The van der Waals surface area contributed by atoms with Gasteiger partial charge in [-0.15, -0.1) is 0 Å². The van der Waals surface area contributed by atoms with Crippen LogP contribution in [-0.2, 0) is 0 Å². The molecule has 0 atom stereocenters. The summed E-state index contributed by atoms with van der Waals surface area (Å²) < 4.78 is 9.99. The fourth-order valence-electron chi connectivity index (χ4n) is 2.40. The fraction of sp³-hybridized carbons (Fsp3) is 0.125. The quantitative estimate of drug-likeness (QED) is 0.392. The molecular weight excluding hydrogens is 356 g/mol. The van der Waals surface area contributed by atoms with E-state index in [1.165, 1.54) is 12.3 Å². The summed E-state index contributed by atoms with van der Waals surface area (Å²) in [5, 5.41) is 21.4. The number of furan rings is 1. The van der Waals surface area contributed by atoms with Gasteiger partial charge in [-0.1, -0.05) is 0 Å². The van der Waals surface area contributed by atoms with Crippen LogP contribution in [0, 0.1) is 24.0 Å². The van der Waals surface area contributed by atoms with Crippen molar-refractivity contribution in [3.63, 3.8) is 0 Å². The van der Waals surface area contributed by atoms with Crippen molar-refractivity contribution in [1.29, 1.82) is 0 Å². The molecule has 0 saturated heterocycles. The minimum absolute atomic E-state index is 0.0499. The number of nitro benzene ring substituents is 1. The normalized spacial score (nSPS) is 11.0. The van der Waals surface area contributed by atoms with E-state index in [1.54, 1.807) is 32.0 Å². The Labute approximate surface area is 152 Å². The van der Waals surface area contributed by atoms with Crippen LogP contribution in [0.25, 0.3) is 11.3 Å². The van der Waals surface area contributed by atoms with Crippen LogP contribution in [0.2, 0.25) is 0 Å². The SMILES string of the molecule is Cc1c(-c2ccc(/C=N\NC(=O)c3nonc3N)o2)ccc([N+](=O)[O-])c1C. The van der Waals surface area contributed by atoms with Gasteiger partial charge < -0.3 is 10.2 Å². The zero-order valence-corrected chi connectivity index (χ0v) is 14.3. The minimum Gasteiger partial charge on any atom is -0.455 e. The van der Waals surface area contributed by atoms with Crippen LogP contribution in [0.4, 0.5) is 11.5 Å². The Morgan fingerprint density at radius 2 is 2.04 bits per heavy atom. The van der Waals surface area contributed by atoms with Crippen molar-refractivity contribution in [1.82, 2.24) is 15.7 Å². The van der Waals surface area contributed by atoms with Crippen molar-refractivity contribution >= 4 is 23.6 Å². The largest absolute Gasteiger partial charge is 0.455 e. The maximum atomic E-state index is 11.8. The van der Waals surface area contributed by atoms with Crippen molar-refractivity contribution in [3.05, 3.63) is 57.0 Å². The molecule has 2 aromatic heterocycles. The molecule has 0 radical (unpaired) electrons. The maximum Gasteiger partial charge on any atom is 0.297 e. The summed E-state index contributed by atoms with van der Waals surface area (Å²) in [5.41, 5.74) is 9.53. The summed E-state index contributed by atoms with van der Waals surface area (Å²) >= 11 is 0. The van der Waals surface area contributed by atoms with E-state index >= 15 is 0 Å². The Balaban J connectivity index is 1.75. The third-order valence-electron chi connectivity index (χ3n) is 3.93. The lowest BCUT2D eigenvalue weighted by atomic mass is 10.00. The van der Waals surface area contributed by atoms with Crippen LogP contribution in [0.3, 0.4) is 0 Å². The first-order valence-electron chi connectivity index (χ1n) is 7.64. The van der Waals surface area contributed by atoms with Crippen molar-refractivity contribution in [3.8, 4) is 11.3 Å².